The van der Waals surface area contributed by atoms with Gasteiger partial charge in [0.05, 0.1) is 18.8 Å². The van der Waals surface area contributed by atoms with Gasteiger partial charge in [0.25, 0.3) is 5.91 Å². The van der Waals surface area contributed by atoms with Crippen LogP contribution in [0.5, 0.6) is 5.88 Å². The summed E-state index contributed by atoms with van der Waals surface area (Å²) >= 11 is 0. The zero-order chi connectivity index (χ0) is 15.9. The van der Waals surface area contributed by atoms with E-state index in [1.807, 2.05) is 0 Å². The number of carbonyl (C=O) groups is 1. The molecule has 0 radical (unpaired) electrons. The van der Waals surface area contributed by atoms with E-state index in [2.05, 4.69) is 48.1 Å². The van der Waals surface area contributed by atoms with Gasteiger partial charge in [0.1, 0.15) is 5.56 Å². The molecule has 1 aromatic rings. The Morgan fingerprint density at radius 1 is 1.33 bits per heavy atom. The van der Waals surface area contributed by atoms with Crippen LogP contribution in [-0.2, 0) is 0 Å². The fourth-order valence-corrected chi connectivity index (χ4v) is 2.46. The summed E-state index contributed by atoms with van der Waals surface area (Å²) in [4.78, 5) is 14.8. The molecule has 0 unspecified atom stereocenters. The van der Waals surface area contributed by atoms with Gasteiger partial charge in [-0.3, -0.25) is 4.79 Å². The summed E-state index contributed by atoms with van der Waals surface area (Å²) in [6.07, 6.45) is 3.26. The van der Waals surface area contributed by atoms with E-state index in [0.717, 1.165) is 32.5 Å². The number of hydrogen-bond acceptors (Lipinski definition) is 4. The molecule has 0 bridgehead atoms. The highest BCUT2D eigenvalue weighted by Crippen LogP contribution is 2.20. The van der Waals surface area contributed by atoms with Crippen molar-refractivity contribution in [3.8, 4) is 5.88 Å². The Balaban J connectivity index is 2.89. The van der Waals surface area contributed by atoms with Crippen LogP contribution < -0.4 is 10.1 Å². The van der Waals surface area contributed by atoms with Gasteiger partial charge in [-0.2, -0.15) is 5.10 Å². The molecule has 0 aliphatic carbocycles. The molecule has 2 N–H and O–H groups in total. The van der Waals surface area contributed by atoms with E-state index < -0.39 is 0 Å². The van der Waals surface area contributed by atoms with Crippen LogP contribution in [0.15, 0.2) is 6.20 Å². The topological polar surface area (TPSA) is 70.2 Å². The zero-order valence-electron chi connectivity index (χ0n) is 13.8. The van der Waals surface area contributed by atoms with E-state index in [1.165, 1.54) is 13.3 Å². The highest BCUT2D eigenvalue weighted by atomic mass is 16.5. The van der Waals surface area contributed by atoms with Crippen molar-refractivity contribution in [2.24, 2.45) is 0 Å². The molecule has 0 saturated carbocycles. The molecule has 1 amide bonds. The number of ether oxygens (including phenoxy) is 1. The van der Waals surface area contributed by atoms with Gasteiger partial charge in [-0.25, -0.2) is 5.10 Å². The van der Waals surface area contributed by atoms with Crippen LogP contribution in [0.4, 0.5) is 0 Å². The minimum Gasteiger partial charge on any atom is -0.481 e. The fraction of sp³-hybridized carbons (Fsp3) is 0.733. The molecule has 21 heavy (non-hydrogen) atoms. The van der Waals surface area contributed by atoms with Crippen molar-refractivity contribution in [2.75, 3.05) is 26.7 Å². The third-order valence-electron chi connectivity index (χ3n) is 4.21. The predicted molar refractivity (Wildman–Crippen MR) is 83.7 cm³/mol. The molecule has 0 spiro atoms. The Morgan fingerprint density at radius 2 is 1.95 bits per heavy atom. The third-order valence-corrected chi connectivity index (χ3v) is 4.21. The molecule has 6 nitrogen and oxygen atoms in total. The van der Waals surface area contributed by atoms with E-state index in [9.17, 15) is 4.79 Å². The van der Waals surface area contributed by atoms with Gasteiger partial charge in [0.15, 0.2) is 0 Å². The molecule has 1 rings (SSSR count). The highest BCUT2D eigenvalue weighted by molar-refractivity contribution is 5.96. The lowest BCUT2D eigenvalue weighted by Crippen LogP contribution is -2.55. The zero-order valence-corrected chi connectivity index (χ0v) is 13.8. The van der Waals surface area contributed by atoms with Crippen molar-refractivity contribution in [2.45, 2.75) is 46.1 Å². The Labute approximate surface area is 127 Å². The minimum absolute atomic E-state index is 0.142. The number of aromatic amines is 1. The summed E-state index contributed by atoms with van der Waals surface area (Å²) in [5.74, 6) is 0.257. The second-order valence-corrected chi connectivity index (χ2v) is 5.22. The molecule has 0 atom stereocenters. The Kier molecular flexibility index (Phi) is 6.68. The normalized spacial score (nSPS) is 11.7. The molecule has 0 saturated heterocycles. The molecule has 0 aliphatic heterocycles. The molecule has 1 heterocycles. The first kappa shape index (κ1) is 17.5. The number of methoxy groups -OCH3 is 1. The number of hydrogen-bond donors (Lipinski definition) is 2. The van der Waals surface area contributed by atoms with E-state index >= 15 is 0 Å². The number of nitrogens with one attached hydrogen (secondary N) is 2. The van der Waals surface area contributed by atoms with Gasteiger partial charge in [-0.05, 0) is 25.9 Å². The summed E-state index contributed by atoms with van der Waals surface area (Å²) in [6, 6.07) is 0. The molecular formula is C15H28N4O2. The Morgan fingerprint density at radius 3 is 2.43 bits per heavy atom. The lowest BCUT2D eigenvalue weighted by Gasteiger charge is -2.37. The van der Waals surface area contributed by atoms with Gasteiger partial charge < -0.3 is 15.0 Å². The second kappa shape index (κ2) is 8.02. The van der Waals surface area contributed by atoms with Crippen molar-refractivity contribution in [1.29, 1.82) is 0 Å². The van der Waals surface area contributed by atoms with Crippen molar-refractivity contribution in [1.82, 2.24) is 20.4 Å². The summed E-state index contributed by atoms with van der Waals surface area (Å²) in [6.45, 7) is 11.3. The maximum Gasteiger partial charge on any atom is 0.258 e. The number of rotatable bonds is 9. The van der Waals surface area contributed by atoms with Gasteiger partial charge in [0, 0.05) is 6.54 Å². The van der Waals surface area contributed by atoms with E-state index in [0.29, 0.717) is 11.4 Å². The lowest BCUT2D eigenvalue weighted by molar-refractivity contribution is 0.0850. The summed E-state index contributed by atoms with van der Waals surface area (Å²) in [5.41, 5.74) is 0.217. The van der Waals surface area contributed by atoms with Crippen LogP contribution in [0.1, 0.15) is 50.9 Å². The number of H-pyrrole nitrogens is 1. The maximum absolute atomic E-state index is 12.5. The molecule has 6 heteroatoms. The highest BCUT2D eigenvalue weighted by Gasteiger charge is 2.31. The van der Waals surface area contributed by atoms with E-state index in [4.69, 9.17) is 4.74 Å². The Bertz CT molecular complexity index is 437. The summed E-state index contributed by atoms with van der Waals surface area (Å²) in [7, 11) is 1.52. The number of likely N-dealkylation sites (N-methyl/N-ethyl adjacent to an activating group) is 1. The standard InChI is InChI=1S/C15H28N4O2/c1-6-15(7-2,11-19(8-3)9-4)17-13(20)12-10-16-18-14(12)21-5/h10H,6-9,11H2,1-5H3,(H,16,18)(H,17,20). The van der Waals surface area contributed by atoms with Crippen LogP contribution in [-0.4, -0.2) is 53.3 Å². The minimum atomic E-state index is -0.231. The number of carbonyl (C=O) groups excluding carboxylic acids is 1. The van der Waals surface area contributed by atoms with Crippen LogP contribution in [0.2, 0.25) is 0 Å². The summed E-state index contributed by atoms with van der Waals surface area (Å²) < 4.78 is 5.12. The maximum atomic E-state index is 12.5. The lowest BCUT2D eigenvalue weighted by atomic mass is 9.91. The fourth-order valence-electron chi connectivity index (χ4n) is 2.46. The van der Waals surface area contributed by atoms with Crippen LogP contribution in [0, 0.1) is 0 Å². The number of nitrogens with zero attached hydrogens (tertiary/aromatic N) is 2. The average molecular weight is 296 g/mol. The van der Waals surface area contributed by atoms with Gasteiger partial charge in [-0.1, -0.05) is 27.7 Å². The second-order valence-electron chi connectivity index (χ2n) is 5.22. The largest absolute Gasteiger partial charge is 0.481 e. The molecule has 120 valence electrons. The first-order valence-electron chi connectivity index (χ1n) is 7.67. The Hall–Kier alpha value is -1.56. The van der Waals surface area contributed by atoms with Crippen LogP contribution >= 0.6 is 0 Å². The molecule has 0 aromatic carbocycles. The number of amides is 1. The summed E-state index contributed by atoms with van der Waals surface area (Å²) in [5, 5.41) is 9.73. The van der Waals surface area contributed by atoms with Crippen LogP contribution in [0.3, 0.4) is 0 Å². The van der Waals surface area contributed by atoms with Crippen molar-refractivity contribution in [3.05, 3.63) is 11.8 Å². The van der Waals surface area contributed by atoms with Gasteiger partial charge >= 0.3 is 0 Å². The molecule has 0 fully saturated rings. The molecule has 0 aliphatic rings. The molecule has 1 aromatic heterocycles. The monoisotopic (exact) mass is 296 g/mol. The van der Waals surface area contributed by atoms with E-state index in [-0.39, 0.29) is 11.4 Å². The van der Waals surface area contributed by atoms with Crippen molar-refractivity contribution < 1.29 is 9.53 Å². The molecular weight excluding hydrogens is 268 g/mol. The first-order valence-corrected chi connectivity index (χ1v) is 7.67. The van der Waals surface area contributed by atoms with E-state index in [1.54, 1.807) is 0 Å². The van der Waals surface area contributed by atoms with Gasteiger partial charge in [-0.15, -0.1) is 0 Å². The predicted octanol–water partition coefficient (Wildman–Crippen LogP) is 2.05. The van der Waals surface area contributed by atoms with Gasteiger partial charge in [0.2, 0.25) is 5.88 Å². The quantitative estimate of drug-likeness (QED) is 0.731. The first-order chi connectivity index (χ1) is 10.1. The third kappa shape index (κ3) is 4.20. The average Bonchev–Trinajstić information content (AvgIpc) is 3.00. The SMILES string of the molecule is CCN(CC)CC(CC)(CC)NC(=O)c1cn[nH]c1OC. The van der Waals surface area contributed by atoms with Crippen molar-refractivity contribution >= 4 is 5.91 Å². The smallest absolute Gasteiger partial charge is 0.258 e. The van der Waals surface area contributed by atoms with Crippen molar-refractivity contribution in [3.63, 3.8) is 0 Å². The van der Waals surface area contributed by atoms with Crippen LogP contribution in [0.25, 0.3) is 0 Å². The number of aromatic nitrogens is 2.